The zero-order valence-corrected chi connectivity index (χ0v) is 21.2. The summed E-state index contributed by atoms with van der Waals surface area (Å²) in [6.45, 7) is 4.67. The molecule has 0 atom stereocenters. The van der Waals surface area contributed by atoms with Gasteiger partial charge < -0.3 is 45.9 Å². The number of carbonyl (C=O) groups excluding carboxylic acids is 3. The molecule has 4 N–H and O–H groups in total. The van der Waals surface area contributed by atoms with Gasteiger partial charge in [-0.25, -0.2) is 0 Å². The molecule has 0 aromatic rings. The van der Waals surface area contributed by atoms with E-state index in [2.05, 4.69) is 5.32 Å². The van der Waals surface area contributed by atoms with Gasteiger partial charge in [-0.1, -0.05) is 0 Å². The Hall–Kier alpha value is 0.800. The zero-order chi connectivity index (χ0) is 17.8. The third kappa shape index (κ3) is 234. The third-order valence-corrected chi connectivity index (χ3v) is 0.837. The first-order valence-electron chi connectivity index (χ1n) is 5.62. The predicted octanol–water partition coefficient (Wildman–Crippen LogP) is -13.7. The maximum atomic E-state index is 9.89. The second-order valence-electron chi connectivity index (χ2n) is 3.16. The van der Waals surface area contributed by atoms with E-state index >= 15 is 0 Å². The number of rotatable bonds is 5. The molecule has 0 spiro atoms. The number of hydrogen-bond donors (Lipinski definition) is 3. The van der Waals surface area contributed by atoms with Gasteiger partial charge >= 0.3 is 94.6 Å². The van der Waals surface area contributed by atoms with Gasteiger partial charge in [-0.15, -0.1) is 0 Å². The minimum absolute atomic E-state index is 0. The Morgan fingerprint density at radius 3 is 1.25 bits per heavy atom. The molecule has 0 amide bonds. The summed E-state index contributed by atoms with van der Waals surface area (Å²) in [5, 5.41) is 37.7. The van der Waals surface area contributed by atoms with E-state index in [1.165, 1.54) is 0 Å². The van der Waals surface area contributed by atoms with Crippen molar-refractivity contribution in [3.05, 3.63) is 0 Å². The molecule has 0 saturated carbocycles. The fraction of sp³-hybridized carbons (Fsp3) is 0.636. The molecule has 24 heavy (non-hydrogen) atoms. The number of carboxylic acids is 4. The van der Waals surface area contributed by atoms with Crippen molar-refractivity contribution in [1.82, 2.24) is 5.32 Å². The van der Waals surface area contributed by atoms with Crippen LogP contribution in [0, 0.1) is 0 Å². The van der Waals surface area contributed by atoms with Crippen molar-refractivity contribution >= 4 is 23.9 Å². The Balaban J connectivity index is -0.0000000334. The van der Waals surface area contributed by atoms with E-state index in [-0.39, 0.29) is 95.1 Å². The van der Waals surface area contributed by atoms with E-state index < -0.39 is 23.9 Å². The first kappa shape index (κ1) is 44.3. The summed E-state index contributed by atoms with van der Waals surface area (Å²) in [6, 6.07) is 0. The minimum atomic E-state index is -1.08. The quantitative estimate of drug-likeness (QED) is 0.305. The van der Waals surface area contributed by atoms with Crippen LogP contribution < -0.4 is 115 Å². The van der Waals surface area contributed by atoms with Crippen LogP contribution in [-0.4, -0.2) is 48.6 Å². The molecule has 0 aliphatic heterocycles. The van der Waals surface area contributed by atoms with Gasteiger partial charge in [0.05, 0.1) is 6.42 Å². The number of nitrogens with two attached hydrogens (primary N) is 1. The second kappa shape index (κ2) is 39.0. The molecule has 0 radical (unpaired) electrons. The molecular weight excluding hydrogens is 357 g/mol. The molecule has 0 aromatic heterocycles. The van der Waals surface area contributed by atoms with E-state index in [1.54, 1.807) is 0 Å². The number of carboxylic acid groups (broad SMARTS) is 4. The average molecular weight is 378 g/mol. The zero-order valence-electron chi connectivity index (χ0n) is 15.2. The summed E-state index contributed by atoms with van der Waals surface area (Å²) in [5.41, 5.74) is 5.14. The van der Waals surface area contributed by atoms with Crippen LogP contribution in [0.5, 0.6) is 0 Å². The molecule has 0 saturated heterocycles. The van der Waals surface area contributed by atoms with Crippen molar-refractivity contribution < 1.29 is 128 Å². The maximum absolute atomic E-state index is 9.89. The fourth-order valence-electron chi connectivity index (χ4n) is 0.422. The minimum Gasteiger partial charge on any atom is -0.550 e. The fourth-order valence-corrected chi connectivity index (χ4v) is 0.422. The van der Waals surface area contributed by atoms with E-state index in [0.29, 0.717) is 19.6 Å². The van der Waals surface area contributed by atoms with E-state index in [4.69, 9.17) is 40.5 Å². The summed E-state index contributed by atoms with van der Waals surface area (Å²) < 4.78 is 0. The van der Waals surface area contributed by atoms with Gasteiger partial charge in [0.2, 0.25) is 0 Å². The molecule has 0 fully saturated rings. The Labute approximate surface area is 207 Å². The van der Waals surface area contributed by atoms with Crippen LogP contribution in [0.25, 0.3) is 0 Å². The Bertz CT molecular complexity index is 266. The van der Waals surface area contributed by atoms with Crippen molar-refractivity contribution in [2.24, 2.45) is 5.73 Å². The van der Waals surface area contributed by atoms with E-state index in [9.17, 15) is 4.79 Å². The standard InChI is InChI=1S/C5H12N2O2.3C2H4O2.3Na/c6-2-4-7-3-1-5(8)9;3*1-2(3)4;;;/h7H,1-4,6H2,(H,8,9);3*1H3,(H,3,4);;;/q;;;;3*+1/p-3. The number of nitrogens with one attached hydrogen (secondary N) is 1. The number of hydrogen-bond acceptors (Lipinski definition) is 9. The van der Waals surface area contributed by atoms with Crippen LogP contribution in [0.15, 0.2) is 0 Å². The molecular formula is C11H21N2Na3O8. The molecule has 126 valence electrons. The van der Waals surface area contributed by atoms with Crippen LogP contribution >= 0.6 is 0 Å². The molecule has 13 heteroatoms. The molecule has 0 aliphatic carbocycles. The summed E-state index contributed by atoms with van der Waals surface area (Å²) >= 11 is 0. The molecule has 0 unspecified atom stereocenters. The van der Waals surface area contributed by atoms with Gasteiger partial charge in [-0.3, -0.25) is 4.79 Å². The van der Waals surface area contributed by atoms with Gasteiger partial charge in [0.1, 0.15) is 0 Å². The van der Waals surface area contributed by atoms with Crippen LogP contribution in [0.1, 0.15) is 27.2 Å². The topological polar surface area (TPSA) is 196 Å². The molecule has 0 aliphatic rings. The van der Waals surface area contributed by atoms with Crippen molar-refractivity contribution in [3.63, 3.8) is 0 Å². The molecule has 0 heterocycles. The van der Waals surface area contributed by atoms with Gasteiger partial charge in [0.15, 0.2) is 0 Å². The first-order valence-corrected chi connectivity index (χ1v) is 5.62. The maximum Gasteiger partial charge on any atom is 1.00 e. The van der Waals surface area contributed by atoms with Crippen molar-refractivity contribution in [1.29, 1.82) is 0 Å². The van der Waals surface area contributed by atoms with Crippen molar-refractivity contribution in [3.8, 4) is 0 Å². The number of carbonyl (C=O) groups is 4. The smallest absolute Gasteiger partial charge is 0.550 e. The molecule has 0 rings (SSSR count). The van der Waals surface area contributed by atoms with E-state index in [1.807, 2.05) is 0 Å². The molecule has 0 bridgehead atoms. The average Bonchev–Trinajstić information content (AvgIpc) is 2.21. The van der Waals surface area contributed by atoms with Crippen molar-refractivity contribution in [2.45, 2.75) is 27.2 Å². The largest absolute Gasteiger partial charge is 1.00 e. The predicted molar refractivity (Wildman–Crippen MR) is 66.2 cm³/mol. The Morgan fingerprint density at radius 2 is 1.08 bits per heavy atom. The first-order chi connectivity index (χ1) is 9.47. The van der Waals surface area contributed by atoms with Gasteiger partial charge in [-0.05, 0) is 20.8 Å². The SMILES string of the molecule is CC(=O)[O-].CC(=O)[O-].CC(=O)[O-].NCCNCCC(=O)O.[Na+].[Na+].[Na+]. The molecule has 0 aromatic carbocycles. The summed E-state index contributed by atoms with van der Waals surface area (Å²) in [5.74, 6) is -4.03. The van der Waals surface area contributed by atoms with Gasteiger partial charge in [0, 0.05) is 37.5 Å². The van der Waals surface area contributed by atoms with Crippen molar-refractivity contribution in [2.75, 3.05) is 19.6 Å². The molecule has 10 nitrogen and oxygen atoms in total. The Morgan fingerprint density at radius 1 is 0.833 bits per heavy atom. The number of aliphatic carboxylic acids is 4. The van der Waals surface area contributed by atoms with Gasteiger partial charge in [-0.2, -0.15) is 0 Å². The van der Waals surface area contributed by atoms with Crippen LogP contribution in [0.2, 0.25) is 0 Å². The van der Waals surface area contributed by atoms with Crippen LogP contribution in [0.4, 0.5) is 0 Å². The van der Waals surface area contributed by atoms with E-state index in [0.717, 1.165) is 20.8 Å². The second-order valence-corrected chi connectivity index (χ2v) is 3.16. The van der Waals surface area contributed by atoms with Crippen LogP contribution in [0.3, 0.4) is 0 Å². The van der Waals surface area contributed by atoms with Gasteiger partial charge in [0.25, 0.3) is 0 Å². The summed E-state index contributed by atoms with van der Waals surface area (Å²) in [4.78, 5) is 36.6. The summed E-state index contributed by atoms with van der Waals surface area (Å²) in [7, 11) is 0. The summed E-state index contributed by atoms with van der Waals surface area (Å²) in [6.07, 6.45) is 0.167. The normalized spacial score (nSPS) is 6.67. The third-order valence-electron chi connectivity index (χ3n) is 0.837. The monoisotopic (exact) mass is 378 g/mol. The Kier molecular flexibility index (Phi) is 72.1. The van der Waals surface area contributed by atoms with Crippen LogP contribution in [-0.2, 0) is 19.2 Å².